The maximum Gasteiger partial charge on any atom is 0.217 e. The number of unbranched alkanes of at least 4 members (excludes halogenated alkanes) is 1. The van der Waals surface area contributed by atoms with E-state index in [1.54, 1.807) is 6.07 Å². The van der Waals surface area contributed by atoms with Crippen molar-refractivity contribution in [1.82, 2.24) is 5.32 Å². The number of phenols is 1. The van der Waals surface area contributed by atoms with Crippen molar-refractivity contribution in [3.05, 3.63) is 42.0 Å². The number of fused-ring (bicyclic) bond motifs is 1. The Bertz CT molecular complexity index is 596. The molecular formula is C16H20N2O2. The fourth-order valence-electron chi connectivity index (χ4n) is 2.27. The van der Waals surface area contributed by atoms with Crippen LogP contribution in [0.5, 0.6) is 5.75 Å². The highest BCUT2D eigenvalue weighted by atomic mass is 16.3. The molecule has 20 heavy (non-hydrogen) atoms. The number of hydrogen-bond acceptors (Lipinski definition) is 3. The number of nitrogens with two attached hydrogens (primary N) is 1. The highest BCUT2D eigenvalue weighted by molar-refractivity contribution is 5.87. The standard InChI is InChI=1S/C16H20N2O2/c17-16(20)7-3-4-10-18-11-14-13-6-2-1-5-12(13)8-9-15(14)19/h1-2,5-6,8-9,18-19H,3-4,7,10-11H2,(H2,17,20). The van der Waals surface area contributed by atoms with Gasteiger partial charge in [0.05, 0.1) is 0 Å². The largest absolute Gasteiger partial charge is 0.508 e. The van der Waals surface area contributed by atoms with E-state index in [0.29, 0.717) is 18.7 Å². The molecule has 2 aromatic rings. The summed E-state index contributed by atoms with van der Waals surface area (Å²) in [6.45, 7) is 1.42. The number of hydrogen-bond donors (Lipinski definition) is 3. The van der Waals surface area contributed by atoms with Gasteiger partial charge in [0.1, 0.15) is 5.75 Å². The lowest BCUT2D eigenvalue weighted by Crippen LogP contribution is -2.16. The van der Waals surface area contributed by atoms with Crippen molar-refractivity contribution in [2.45, 2.75) is 25.8 Å². The predicted molar refractivity (Wildman–Crippen MR) is 80.4 cm³/mol. The summed E-state index contributed by atoms with van der Waals surface area (Å²) in [5.41, 5.74) is 6.00. The van der Waals surface area contributed by atoms with Crippen molar-refractivity contribution in [3.63, 3.8) is 0 Å². The Balaban J connectivity index is 1.92. The fraction of sp³-hybridized carbons (Fsp3) is 0.312. The molecule has 0 aromatic heterocycles. The zero-order valence-electron chi connectivity index (χ0n) is 11.4. The van der Waals surface area contributed by atoms with Crippen molar-refractivity contribution in [1.29, 1.82) is 0 Å². The van der Waals surface area contributed by atoms with Crippen LogP contribution in [-0.2, 0) is 11.3 Å². The van der Waals surface area contributed by atoms with Gasteiger partial charge in [-0.05, 0) is 36.2 Å². The molecule has 0 unspecified atom stereocenters. The summed E-state index contributed by atoms with van der Waals surface area (Å²) < 4.78 is 0. The smallest absolute Gasteiger partial charge is 0.217 e. The number of rotatable bonds is 7. The molecule has 2 rings (SSSR count). The predicted octanol–water partition coefficient (Wildman–Crippen LogP) is 2.29. The summed E-state index contributed by atoms with van der Waals surface area (Å²) in [7, 11) is 0. The van der Waals surface area contributed by atoms with E-state index in [-0.39, 0.29) is 5.91 Å². The molecule has 0 bridgehead atoms. The van der Waals surface area contributed by atoms with Gasteiger partial charge in [-0.25, -0.2) is 0 Å². The van der Waals surface area contributed by atoms with E-state index in [1.165, 1.54) is 0 Å². The van der Waals surface area contributed by atoms with Crippen molar-refractivity contribution in [2.75, 3.05) is 6.54 Å². The molecule has 4 N–H and O–H groups in total. The lowest BCUT2D eigenvalue weighted by atomic mass is 10.0. The molecule has 0 aliphatic rings. The average molecular weight is 272 g/mol. The summed E-state index contributed by atoms with van der Waals surface area (Å²) in [4.78, 5) is 10.6. The second-order valence-electron chi connectivity index (χ2n) is 4.88. The molecule has 0 saturated heterocycles. The Morgan fingerprint density at radius 3 is 2.75 bits per heavy atom. The number of phenolic OH excluding ortho intramolecular Hbond substituents is 1. The zero-order chi connectivity index (χ0) is 14.4. The third-order valence-corrected chi connectivity index (χ3v) is 3.34. The minimum atomic E-state index is -0.253. The SMILES string of the molecule is NC(=O)CCCCNCc1c(O)ccc2ccccc12. The summed E-state index contributed by atoms with van der Waals surface area (Å²) in [6, 6.07) is 11.6. The van der Waals surface area contributed by atoms with Crippen molar-refractivity contribution >= 4 is 16.7 Å². The molecule has 0 radical (unpaired) electrons. The molecule has 4 nitrogen and oxygen atoms in total. The third kappa shape index (κ3) is 3.71. The van der Waals surface area contributed by atoms with Crippen LogP contribution < -0.4 is 11.1 Å². The van der Waals surface area contributed by atoms with Gasteiger partial charge in [0.25, 0.3) is 0 Å². The molecule has 0 fully saturated rings. The number of primary amides is 1. The lowest BCUT2D eigenvalue weighted by Gasteiger charge is -2.10. The maximum atomic E-state index is 10.6. The number of carbonyl (C=O) groups is 1. The van der Waals surface area contributed by atoms with E-state index in [1.807, 2.05) is 30.3 Å². The minimum absolute atomic E-state index is 0.253. The van der Waals surface area contributed by atoms with Crippen molar-refractivity contribution in [2.24, 2.45) is 5.73 Å². The van der Waals surface area contributed by atoms with Gasteiger partial charge in [0.2, 0.25) is 5.91 Å². The number of amides is 1. The van der Waals surface area contributed by atoms with Gasteiger partial charge in [0.15, 0.2) is 0 Å². The first-order valence-electron chi connectivity index (χ1n) is 6.87. The van der Waals surface area contributed by atoms with Gasteiger partial charge >= 0.3 is 0 Å². The summed E-state index contributed by atoms with van der Waals surface area (Å²) in [5, 5.41) is 15.5. The first-order chi connectivity index (χ1) is 9.68. The molecule has 1 amide bonds. The van der Waals surface area contributed by atoms with E-state index in [0.717, 1.165) is 35.7 Å². The van der Waals surface area contributed by atoms with Gasteiger partial charge < -0.3 is 16.2 Å². The quantitative estimate of drug-likeness (QED) is 0.677. The summed E-state index contributed by atoms with van der Waals surface area (Å²) in [5.74, 6) is 0.0602. The van der Waals surface area contributed by atoms with Crippen LogP contribution in [0, 0.1) is 0 Å². The second kappa shape index (κ2) is 6.91. The number of nitrogens with one attached hydrogen (secondary N) is 1. The Hall–Kier alpha value is -2.07. The van der Waals surface area contributed by atoms with Gasteiger partial charge in [0, 0.05) is 18.5 Å². The van der Waals surface area contributed by atoms with Crippen LogP contribution in [-0.4, -0.2) is 17.6 Å². The molecule has 0 saturated carbocycles. The molecule has 4 heteroatoms. The van der Waals surface area contributed by atoms with Gasteiger partial charge in [-0.15, -0.1) is 0 Å². The summed E-state index contributed by atoms with van der Waals surface area (Å²) in [6.07, 6.45) is 2.12. The molecule has 0 spiro atoms. The van der Waals surface area contributed by atoms with Crippen molar-refractivity contribution in [3.8, 4) is 5.75 Å². The lowest BCUT2D eigenvalue weighted by molar-refractivity contribution is -0.118. The number of benzene rings is 2. The first kappa shape index (κ1) is 14.3. The van der Waals surface area contributed by atoms with E-state index in [9.17, 15) is 9.90 Å². The zero-order valence-corrected chi connectivity index (χ0v) is 11.4. The highest BCUT2D eigenvalue weighted by Gasteiger charge is 2.06. The van der Waals surface area contributed by atoms with E-state index < -0.39 is 0 Å². The van der Waals surface area contributed by atoms with Crippen molar-refractivity contribution < 1.29 is 9.90 Å². The second-order valence-corrected chi connectivity index (χ2v) is 4.88. The Kier molecular flexibility index (Phi) is 4.96. The Labute approximate surface area is 118 Å². The van der Waals surface area contributed by atoms with Crippen LogP contribution in [0.15, 0.2) is 36.4 Å². The molecule has 0 aliphatic heterocycles. The maximum absolute atomic E-state index is 10.6. The molecule has 0 atom stereocenters. The Morgan fingerprint density at radius 2 is 1.95 bits per heavy atom. The Morgan fingerprint density at radius 1 is 1.15 bits per heavy atom. The third-order valence-electron chi connectivity index (χ3n) is 3.34. The average Bonchev–Trinajstić information content (AvgIpc) is 2.44. The van der Waals surface area contributed by atoms with E-state index >= 15 is 0 Å². The van der Waals surface area contributed by atoms with Gasteiger partial charge in [-0.1, -0.05) is 30.3 Å². The van der Waals surface area contributed by atoms with Gasteiger partial charge in [-0.2, -0.15) is 0 Å². The topological polar surface area (TPSA) is 75.4 Å². The molecule has 2 aromatic carbocycles. The number of carbonyl (C=O) groups excluding carboxylic acids is 1. The molecule has 106 valence electrons. The van der Waals surface area contributed by atoms with Crippen LogP contribution in [0.25, 0.3) is 10.8 Å². The molecule has 0 heterocycles. The van der Waals surface area contributed by atoms with Crippen LogP contribution in [0.2, 0.25) is 0 Å². The van der Waals surface area contributed by atoms with Crippen LogP contribution >= 0.6 is 0 Å². The van der Waals surface area contributed by atoms with Crippen LogP contribution in [0.1, 0.15) is 24.8 Å². The minimum Gasteiger partial charge on any atom is -0.508 e. The van der Waals surface area contributed by atoms with E-state index in [2.05, 4.69) is 5.32 Å². The first-order valence-corrected chi connectivity index (χ1v) is 6.87. The number of aromatic hydroxyl groups is 1. The molecule has 0 aliphatic carbocycles. The summed E-state index contributed by atoms with van der Waals surface area (Å²) >= 11 is 0. The fourth-order valence-corrected chi connectivity index (χ4v) is 2.27. The van der Waals surface area contributed by atoms with Gasteiger partial charge in [-0.3, -0.25) is 4.79 Å². The van der Waals surface area contributed by atoms with Crippen LogP contribution in [0.4, 0.5) is 0 Å². The highest BCUT2D eigenvalue weighted by Crippen LogP contribution is 2.26. The molecular weight excluding hydrogens is 252 g/mol. The normalized spacial score (nSPS) is 10.8. The monoisotopic (exact) mass is 272 g/mol. The van der Waals surface area contributed by atoms with E-state index in [4.69, 9.17) is 5.73 Å². The van der Waals surface area contributed by atoms with Crippen LogP contribution in [0.3, 0.4) is 0 Å².